The van der Waals surface area contributed by atoms with E-state index in [0.29, 0.717) is 44.2 Å². The van der Waals surface area contributed by atoms with E-state index in [1.807, 2.05) is 51.1 Å². The molecule has 2 aromatic heterocycles. The van der Waals surface area contributed by atoms with Gasteiger partial charge >= 0.3 is 0 Å². The van der Waals surface area contributed by atoms with Crippen molar-refractivity contribution in [2.45, 2.75) is 32.1 Å². The molecule has 5 rings (SSSR count). The summed E-state index contributed by atoms with van der Waals surface area (Å²) in [6, 6.07) is 14.0. The van der Waals surface area contributed by atoms with Crippen molar-refractivity contribution >= 4 is 26.3 Å². The fourth-order valence-electron chi connectivity index (χ4n) is 5.13. The van der Waals surface area contributed by atoms with Gasteiger partial charge in [0, 0.05) is 62.0 Å². The molecule has 0 amide bonds. The smallest absolute Gasteiger partial charge is 0.243 e. The maximum absolute atomic E-state index is 14.0. The first kappa shape index (κ1) is 26.1. The maximum atomic E-state index is 14.0. The predicted octanol–water partition coefficient (Wildman–Crippen LogP) is 4.55. The van der Waals surface area contributed by atoms with Crippen molar-refractivity contribution in [2.24, 2.45) is 0 Å². The minimum absolute atomic E-state index is 0.407. The number of morpholine rings is 1. The zero-order valence-corrected chi connectivity index (χ0v) is 23.3. The number of thiazole rings is 1. The van der Waals surface area contributed by atoms with Crippen LogP contribution in [0.1, 0.15) is 22.4 Å². The number of hydrogen-bond acceptors (Lipinski definition) is 6. The van der Waals surface area contributed by atoms with Crippen LogP contribution in [0, 0.1) is 20.8 Å². The lowest BCUT2D eigenvalue weighted by Crippen LogP contribution is -2.43. The molecular weight excluding hydrogens is 504 g/mol. The van der Waals surface area contributed by atoms with Crippen molar-refractivity contribution in [3.63, 3.8) is 0 Å². The Bertz CT molecular complexity index is 1450. The summed E-state index contributed by atoms with van der Waals surface area (Å²) < 4.78 is 37.3. The number of sulfonamides is 1. The zero-order valence-electron chi connectivity index (χ0n) is 21.7. The van der Waals surface area contributed by atoms with Gasteiger partial charge in [-0.15, -0.1) is 11.3 Å². The summed E-state index contributed by atoms with van der Waals surface area (Å²) in [7, 11) is -3.67. The number of aromatic nitrogens is 2. The average Bonchev–Trinajstić information content (AvgIpc) is 3.46. The molecule has 196 valence electrons. The first-order chi connectivity index (χ1) is 17.8. The highest BCUT2D eigenvalue weighted by Gasteiger charge is 2.29. The highest BCUT2D eigenvalue weighted by molar-refractivity contribution is 7.89. The number of fused-ring (bicyclic) bond motifs is 1. The summed E-state index contributed by atoms with van der Waals surface area (Å²) in [5, 5.41) is 2.09. The van der Waals surface area contributed by atoms with Gasteiger partial charge in [-0.05, 0) is 31.9 Å². The molecule has 0 saturated carbocycles. The summed E-state index contributed by atoms with van der Waals surface area (Å²) in [6.07, 6.45) is 2.66. The molecule has 0 spiro atoms. The summed E-state index contributed by atoms with van der Waals surface area (Å²) in [5.74, 6) is 0. The molecule has 1 aliphatic rings. The Morgan fingerprint density at radius 1 is 1.03 bits per heavy atom. The molecule has 3 heterocycles. The first-order valence-corrected chi connectivity index (χ1v) is 15.0. The van der Waals surface area contributed by atoms with Gasteiger partial charge < -0.3 is 4.74 Å². The Labute approximate surface area is 223 Å². The Hall–Kier alpha value is -2.56. The van der Waals surface area contributed by atoms with E-state index in [4.69, 9.17) is 9.72 Å². The minimum Gasteiger partial charge on any atom is -0.379 e. The Morgan fingerprint density at radius 2 is 1.73 bits per heavy atom. The summed E-state index contributed by atoms with van der Waals surface area (Å²) >= 11 is 1.59. The van der Waals surface area contributed by atoms with Gasteiger partial charge in [0.25, 0.3) is 0 Å². The van der Waals surface area contributed by atoms with Crippen molar-refractivity contribution in [1.82, 2.24) is 18.6 Å². The standard InChI is InChI=1S/C28H34N4O3S2/c1-21-17-22(2)27(23(3)18-21)37(33,34)31(12-11-30-13-15-35-16-14-30)10-9-25-20-36-28-29-26(19-32(25)28)24-7-5-4-6-8-24/h4-8,17-20H,9-16H2,1-3H3. The third-order valence-corrected chi connectivity index (χ3v) is 10.0. The number of benzene rings is 2. The lowest BCUT2D eigenvalue weighted by Gasteiger charge is -2.30. The molecule has 0 aliphatic carbocycles. The van der Waals surface area contributed by atoms with Crippen LogP contribution >= 0.6 is 11.3 Å². The van der Waals surface area contributed by atoms with Gasteiger partial charge in [-0.25, -0.2) is 13.4 Å². The number of nitrogens with zero attached hydrogens (tertiary/aromatic N) is 4. The van der Waals surface area contributed by atoms with Gasteiger partial charge in [-0.2, -0.15) is 4.31 Å². The molecule has 9 heteroatoms. The van der Waals surface area contributed by atoms with E-state index < -0.39 is 10.0 Å². The first-order valence-electron chi connectivity index (χ1n) is 12.7. The van der Waals surface area contributed by atoms with E-state index in [2.05, 4.69) is 33.0 Å². The zero-order chi connectivity index (χ0) is 26.0. The van der Waals surface area contributed by atoms with Crippen molar-refractivity contribution in [1.29, 1.82) is 0 Å². The lowest BCUT2D eigenvalue weighted by atomic mass is 10.1. The quantitative estimate of drug-likeness (QED) is 0.313. The van der Waals surface area contributed by atoms with Crippen molar-refractivity contribution in [3.05, 3.63) is 76.4 Å². The fourth-order valence-corrected chi connectivity index (χ4v) is 7.88. The van der Waals surface area contributed by atoms with Gasteiger partial charge in [0.15, 0.2) is 4.96 Å². The highest BCUT2D eigenvalue weighted by atomic mass is 32.2. The molecule has 0 radical (unpaired) electrons. The van der Waals surface area contributed by atoms with Crippen LogP contribution in [-0.2, 0) is 21.2 Å². The maximum Gasteiger partial charge on any atom is 0.243 e. The van der Waals surface area contributed by atoms with E-state index in [-0.39, 0.29) is 0 Å². The van der Waals surface area contributed by atoms with Crippen LogP contribution in [0.4, 0.5) is 0 Å². The summed E-state index contributed by atoms with van der Waals surface area (Å²) in [4.78, 5) is 8.42. The minimum atomic E-state index is -3.67. The molecule has 37 heavy (non-hydrogen) atoms. The van der Waals surface area contributed by atoms with Gasteiger partial charge in [-0.1, -0.05) is 48.0 Å². The molecule has 0 N–H and O–H groups in total. The largest absolute Gasteiger partial charge is 0.379 e. The molecule has 0 atom stereocenters. The third-order valence-electron chi connectivity index (χ3n) is 6.94. The molecule has 0 bridgehead atoms. The van der Waals surface area contributed by atoms with Crippen molar-refractivity contribution in [2.75, 3.05) is 45.9 Å². The molecular formula is C28H34N4O3S2. The molecule has 4 aromatic rings. The van der Waals surface area contributed by atoms with E-state index in [0.717, 1.165) is 51.7 Å². The van der Waals surface area contributed by atoms with Crippen LogP contribution < -0.4 is 0 Å². The highest BCUT2D eigenvalue weighted by Crippen LogP contribution is 2.27. The molecule has 1 saturated heterocycles. The van der Waals surface area contributed by atoms with Crippen LogP contribution in [0.3, 0.4) is 0 Å². The second-order valence-corrected chi connectivity index (χ2v) is 12.4. The van der Waals surface area contributed by atoms with Crippen LogP contribution in [0.5, 0.6) is 0 Å². The van der Waals surface area contributed by atoms with E-state index in [1.54, 1.807) is 15.6 Å². The van der Waals surface area contributed by atoms with Gasteiger partial charge in [0.2, 0.25) is 10.0 Å². The van der Waals surface area contributed by atoms with Gasteiger partial charge in [0.1, 0.15) is 0 Å². The summed E-state index contributed by atoms with van der Waals surface area (Å²) in [5.41, 5.74) is 5.74. The lowest BCUT2D eigenvalue weighted by molar-refractivity contribution is 0.0363. The number of rotatable bonds is 9. The van der Waals surface area contributed by atoms with Gasteiger partial charge in [0.05, 0.1) is 23.8 Å². The SMILES string of the molecule is Cc1cc(C)c(S(=O)(=O)N(CCc2csc3nc(-c4ccccc4)cn23)CCN2CCOCC2)c(C)c1. The average molecular weight is 539 g/mol. The van der Waals surface area contributed by atoms with Crippen molar-refractivity contribution in [3.8, 4) is 11.3 Å². The number of aryl methyl sites for hydroxylation is 3. The molecule has 7 nitrogen and oxygen atoms in total. The van der Waals surface area contributed by atoms with Gasteiger partial charge in [-0.3, -0.25) is 9.30 Å². The monoisotopic (exact) mass is 538 g/mol. The predicted molar refractivity (Wildman–Crippen MR) is 149 cm³/mol. The Morgan fingerprint density at radius 3 is 2.43 bits per heavy atom. The molecule has 1 aliphatic heterocycles. The Kier molecular flexibility index (Phi) is 7.78. The number of hydrogen-bond donors (Lipinski definition) is 0. The van der Waals surface area contributed by atoms with Crippen LogP contribution in [0.2, 0.25) is 0 Å². The molecule has 1 fully saturated rings. The van der Waals surface area contributed by atoms with Crippen LogP contribution in [0.25, 0.3) is 16.2 Å². The number of imidazole rings is 1. The molecule has 2 aromatic carbocycles. The topological polar surface area (TPSA) is 67.2 Å². The second-order valence-electron chi connectivity index (χ2n) is 9.71. The summed E-state index contributed by atoms with van der Waals surface area (Å²) in [6.45, 7) is 10.4. The third kappa shape index (κ3) is 5.66. The fraction of sp³-hybridized carbons (Fsp3) is 0.393. The van der Waals surface area contributed by atoms with Crippen LogP contribution in [-0.4, -0.2) is 72.9 Å². The Balaban J connectivity index is 1.41. The second kappa shape index (κ2) is 11.0. The van der Waals surface area contributed by atoms with Crippen molar-refractivity contribution < 1.29 is 13.2 Å². The number of ether oxygens (including phenoxy) is 1. The van der Waals surface area contributed by atoms with E-state index >= 15 is 0 Å². The molecule has 0 unspecified atom stereocenters. The van der Waals surface area contributed by atoms with E-state index in [9.17, 15) is 8.42 Å². The van der Waals surface area contributed by atoms with Crippen LogP contribution in [0.15, 0.2) is 58.9 Å². The normalized spacial score (nSPS) is 15.1. The van der Waals surface area contributed by atoms with E-state index in [1.165, 1.54) is 0 Å².